The second-order valence-corrected chi connectivity index (χ2v) is 4.96. The molecule has 0 bridgehead atoms. The molecule has 2 N–H and O–H groups in total. The number of aromatic nitrogens is 3. The van der Waals surface area contributed by atoms with Crippen LogP contribution < -0.4 is 5.32 Å². The lowest BCUT2D eigenvalue weighted by molar-refractivity contribution is -0.113. The number of benzene rings is 1. The lowest BCUT2D eigenvalue weighted by atomic mass is 10.1. The van der Waals surface area contributed by atoms with Crippen molar-refractivity contribution >= 4 is 23.4 Å². The zero-order valence-electron chi connectivity index (χ0n) is 10.2. The number of nitrogens with zero attached hydrogens (tertiary/aromatic N) is 2. The second-order valence-electron chi connectivity index (χ2n) is 3.96. The number of H-pyrrole nitrogens is 1. The topological polar surface area (TPSA) is 70.7 Å². The van der Waals surface area contributed by atoms with Crippen molar-refractivity contribution < 1.29 is 4.79 Å². The lowest BCUT2D eigenvalue weighted by Gasteiger charge is -2.08. The Hall–Kier alpha value is -1.82. The van der Waals surface area contributed by atoms with Crippen LogP contribution in [-0.2, 0) is 4.79 Å². The highest BCUT2D eigenvalue weighted by atomic mass is 32.2. The van der Waals surface area contributed by atoms with E-state index in [1.165, 1.54) is 11.8 Å². The van der Waals surface area contributed by atoms with Gasteiger partial charge >= 0.3 is 0 Å². The average molecular weight is 262 g/mol. The molecule has 0 aliphatic heterocycles. The van der Waals surface area contributed by atoms with Crippen molar-refractivity contribution in [2.45, 2.75) is 18.9 Å². The van der Waals surface area contributed by atoms with Gasteiger partial charge in [0.1, 0.15) is 5.03 Å². The van der Waals surface area contributed by atoms with Crippen LogP contribution in [0.1, 0.15) is 11.1 Å². The number of aryl methyl sites for hydroxylation is 2. The van der Waals surface area contributed by atoms with Gasteiger partial charge in [-0.15, -0.1) is 5.10 Å². The van der Waals surface area contributed by atoms with Gasteiger partial charge in [-0.25, -0.2) is 0 Å². The maximum absolute atomic E-state index is 11.8. The first-order valence-electron chi connectivity index (χ1n) is 5.51. The molecule has 0 atom stereocenters. The summed E-state index contributed by atoms with van der Waals surface area (Å²) < 4.78 is 0. The van der Waals surface area contributed by atoms with E-state index < -0.39 is 0 Å². The largest absolute Gasteiger partial charge is 0.325 e. The number of aromatic amines is 1. The number of hydrogen-bond donors (Lipinski definition) is 2. The van der Waals surface area contributed by atoms with Crippen LogP contribution in [0.25, 0.3) is 0 Å². The minimum atomic E-state index is -0.0447. The molecule has 6 heteroatoms. The number of anilines is 1. The molecule has 1 heterocycles. The molecule has 0 saturated carbocycles. The van der Waals surface area contributed by atoms with Gasteiger partial charge in [0.25, 0.3) is 0 Å². The van der Waals surface area contributed by atoms with E-state index in [1.54, 1.807) is 6.20 Å². The summed E-state index contributed by atoms with van der Waals surface area (Å²) in [7, 11) is 0. The van der Waals surface area contributed by atoms with Gasteiger partial charge < -0.3 is 5.32 Å². The highest BCUT2D eigenvalue weighted by Gasteiger charge is 2.07. The number of nitrogens with one attached hydrogen (secondary N) is 2. The molecule has 0 saturated heterocycles. The van der Waals surface area contributed by atoms with Crippen molar-refractivity contribution in [3.8, 4) is 0 Å². The third kappa shape index (κ3) is 3.33. The number of hydrogen-bond acceptors (Lipinski definition) is 4. The maximum Gasteiger partial charge on any atom is 0.234 e. The summed E-state index contributed by atoms with van der Waals surface area (Å²) in [6, 6.07) is 5.98. The molecule has 18 heavy (non-hydrogen) atoms. The van der Waals surface area contributed by atoms with Gasteiger partial charge in [-0.05, 0) is 31.0 Å². The molecule has 0 unspecified atom stereocenters. The molecule has 0 radical (unpaired) electrons. The summed E-state index contributed by atoms with van der Waals surface area (Å²) in [5.41, 5.74) is 3.04. The summed E-state index contributed by atoms with van der Waals surface area (Å²) >= 11 is 1.35. The molecular formula is C12H14N4OS. The fraction of sp³-hybridized carbons (Fsp3) is 0.250. The van der Waals surface area contributed by atoms with Crippen molar-refractivity contribution in [3.63, 3.8) is 0 Å². The molecule has 5 nitrogen and oxygen atoms in total. The van der Waals surface area contributed by atoms with Crippen LogP contribution in [-0.4, -0.2) is 27.1 Å². The first-order valence-corrected chi connectivity index (χ1v) is 6.49. The highest BCUT2D eigenvalue weighted by Crippen LogP contribution is 2.18. The van der Waals surface area contributed by atoms with E-state index in [2.05, 4.69) is 20.7 Å². The van der Waals surface area contributed by atoms with Gasteiger partial charge in [0.05, 0.1) is 11.9 Å². The molecule has 1 aromatic carbocycles. The molecule has 1 amide bonds. The van der Waals surface area contributed by atoms with Gasteiger partial charge in [0.2, 0.25) is 5.91 Å². The van der Waals surface area contributed by atoms with E-state index >= 15 is 0 Å². The number of amides is 1. The zero-order valence-corrected chi connectivity index (χ0v) is 11.0. The van der Waals surface area contributed by atoms with E-state index in [-0.39, 0.29) is 5.91 Å². The van der Waals surface area contributed by atoms with Gasteiger partial charge in [0.15, 0.2) is 0 Å². The molecule has 0 aliphatic rings. The highest BCUT2D eigenvalue weighted by molar-refractivity contribution is 7.99. The molecule has 1 aromatic heterocycles. The van der Waals surface area contributed by atoms with Crippen LogP contribution in [0.2, 0.25) is 0 Å². The first kappa shape index (κ1) is 12.6. The normalized spacial score (nSPS) is 10.3. The Kier molecular flexibility index (Phi) is 3.99. The summed E-state index contributed by atoms with van der Waals surface area (Å²) in [4.78, 5) is 11.8. The number of carbonyl (C=O) groups excluding carboxylic acids is 1. The number of carbonyl (C=O) groups is 1. The van der Waals surface area contributed by atoms with Gasteiger partial charge in [0, 0.05) is 5.69 Å². The summed E-state index contributed by atoms with van der Waals surface area (Å²) in [6.45, 7) is 3.97. The standard InChI is InChI=1S/C12H14N4OS/c1-8-3-4-9(2)10(5-8)14-11(17)7-18-12-6-13-16-15-12/h3-6H,7H2,1-2H3,(H,14,17)(H,13,15,16). The third-order valence-corrected chi connectivity index (χ3v) is 3.31. The molecule has 0 fully saturated rings. The Morgan fingerprint density at radius 3 is 3.00 bits per heavy atom. The predicted molar refractivity (Wildman–Crippen MR) is 71.7 cm³/mol. The van der Waals surface area contributed by atoms with Crippen LogP contribution >= 0.6 is 11.8 Å². The Labute approximate surface area is 109 Å². The Bertz CT molecular complexity index is 539. The summed E-state index contributed by atoms with van der Waals surface area (Å²) in [5.74, 6) is 0.275. The Morgan fingerprint density at radius 1 is 1.44 bits per heavy atom. The second kappa shape index (κ2) is 5.68. The van der Waals surface area contributed by atoms with Gasteiger partial charge in [-0.1, -0.05) is 23.9 Å². The fourth-order valence-electron chi connectivity index (χ4n) is 1.46. The lowest BCUT2D eigenvalue weighted by Crippen LogP contribution is -2.14. The molecule has 0 aliphatic carbocycles. The number of thioether (sulfide) groups is 1. The van der Waals surface area contributed by atoms with E-state index in [0.717, 1.165) is 16.8 Å². The molecule has 94 valence electrons. The minimum absolute atomic E-state index is 0.0447. The van der Waals surface area contributed by atoms with Crippen LogP contribution in [0.4, 0.5) is 5.69 Å². The van der Waals surface area contributed by atoms with Gasteiger partial charge in [-0.2, -0.15) is 10.3 Å². The smallest absolute Gasteiger partial charge is 0.234 e. The van der Waals surface area contributed by atoms with Crippen LogP contribution in [0.15, 0.2) is 29.4 Å². The quantitative estimate of drug-likeness (QED) is 0.828. The minimum Gasteiger partial charge on any atom is -0.325 e. The van der Waals surface area contributed by atoms with Crippen molar-refractivity contribution in [3.05, 3.63) is 35.5 Å². The van der Waals surface area contributed by atoms with Crippen molar-refractivity contribution in [1.82, 2.24) is 15.4 Å². The third-order valence-electron chi connectivity index (χ3n) is 2.41. The zero-order chi connectivity index (χ0) is 13.0. The average Bonchev–Trinajstić information content (AvgIpc) is 2.84. The molecular weight excluding hydrogens is 248 g/mol. The van der Waals surface area contributed by atoms with Crippen molar-refractivity contribution in [1.29, 1.82) is 0 Å². The summed E-state index contributed by atoms with van der Waals surface area (Å²) in [5, 5.41) is 13.7. The monoisotopic (exact) mass is 262 g/mol. The van der Waals surface area contributed by atoms with Crippen LogP contribution in [0.5, 0.6) is 0 Å². The van der Waals surface area contributed by atoms with E-state index in [0.29, 0.717) is 10.8 Å². The SMILES string of the molecule is Cc1ccc(C)c(NC(=O)CSc2cn[nH]n2)c1. The van der Waals surface area contributed by atoms with Crippen LogP contribution in [0, 0.1) is 13.8 Å². The Morgan fingerprint density at radius 2 is 2.28 bits per heavy atom. The fourth-order valence-corrected chi connectivity index (χ4v) is 2.04. The molecule has 0 spiro atoms. The van der Waals surface area contributed by atoms with E-state index in [9.17, 15) is 4.79 Å². The van der Waals surface area contributed by atoms with E-state index in [4.69, 9.17) is 0 Å². The Balaban J connectivity index is 1.92. The first-order chi connectivity index (χ1) is 8.65. The van der Waals surface area contributed by atoms with Gasteiger partial charge in [-0.3, -0.25) is 4.79 Å². The predicted octanol–water partition coefficient (Wildman–Crippen LogP) is 2.15. The number of rotatable bonds is 4. The van der Waals surface area contributed by atoms with Crippen LogP contribution in [0.3, 0.4) is 0 Å². The van der Waals surface area contributed by atoms with Crippen molar-refractivity contribution in [2.24, 2.45) is 0 Å². The maximum atomic E-state index is 11.8. The van der Waals surface area contributed by atoms with Crippen molar-refractivity contribution in [2.75, 3.05) is 11.1 Å². The van der Waals surface area contributed by atoms with E-state index in [1.807, 2.05) is 32.0 Å². The molecule has 2 aromatic rings. The summed E-state index contributed by atoms with van der Waals surface area (Å²) in [6.07, 6.45) is 1.59. The molecule has 2 rings (SSSR count).